The van der Waals surface area contributed by atoms with Crippen molar-refractivity contribution in [3.05, 3.63) is 24.3 Å². The standard InChI is InChI=1S/C22H33N3O6S/c1-4-31-18-7-5-17(6-8-18)25-13-16-11-22(2,3)19(25)14-24(12-16)20(26)15-32(29,30)10-9-23-21(27)28/h5-8,16,19,23H,4,9-15H2,1-3H3,(H,27,28)/t16-,19-/m1/s1. The van der Waals surface area contributed by atoms with Gasteiger partial charge in [0.05, 0.1) is 18.4 Å². The van der Waals surface area contributed by atoms with E-state index in [9.17, 15) is 18.0 Å². The van der Waals surface area contributed by atoms with Crippen LogP contribution >= 0.6 is 0 Å². The number of hydrogen-bond acceptors (Lipinski definition) is 6. The third-order valence-electron chi connectivity index (χ3n) is 6.28. The molecule has 1 aromatic carbocycles. The summed E-state index contributed by atoms with van der Waals surface area (Å²) in [4.78, 5) is 27.5. The molecule has 0 radical (unpaired) electrons. The molecule has 10 heteroatoms. The summed E-state index contributed by atoms with van der Waals surface area (Å²) >= 11 is 0. The second-order valence-electron chi connectivity index (χ2n) is 9.28. The van der Waals surface area contributed by atoms with Crippen LogP contribution in [0.5, 0.6) is 5.75 Å². The highest BCUT2D eigenvalue weighted by Gasteiger charge is 2.47. The van der Waals surface area contributed by atoms with Gasteiger partial charge in [-0.1, -0.05) is 13.8 Å². The Kier molecular flexibility index (Phi) is 7.22. The molecule has 0 spiro atoms. The maximum absolute atomic E-state index is 12.9. The number of ether oxygens (including phenoxy) is 1. The number of carbonyl (C=O) groups is 2. The van der Waals surface area contributed by atoms with Crippen molar-refractivity contribution >= 4 is 27.5 Å². The van der Waals surface area contributed by atoms with Gasteiger partial charge >= 0.3 is 6.09 Å². The lowest BCUT2D eigenvalue weighted by Crippen LogP contribution is -2.54. The fraction of sp³-hybridized carbons (Fsp3) is 0.636. The first-order valence-electron chi connectivity index (χ1n) is 11.0. The van der Waals surface area contributed by atoms with Gasteiger partial charge in [0.15, 0.2) is 9.84 Å². The zero-order valence-electron chi connectivity index (χ0n) is 18.9. The second-order valence-corrected chi connectivity index (χ2v) is 11.5. The molecule has 0 aliphatic carbocycles. The van der Waals surface area contributed by atoms with E-state index in [1.54, 1.807) is 4.90 Å². The smallest absolute Gasteiger partial charge is 0.404 e. The molecular weight excluding hydrogens is 434 g/mol. The Hall–Kier alpha value is -2.49. The van der Waals surface area contributed by atoms with Gasteiger partial charge in [0.2, 0.25) is 5.91 Å². The minimum Gasteiger partial charge on any atom is -0.494 e. The van der Waals surface area contributed by atoms with E-state index in [-0.39, 0.29) is 23.9 Å². The van der Waals surface area contributed by atoms with E-state index in [1.165, 1.54) is 0 Å². The topological polar surface area (TPSA) is 116 Å². The molecule has 0 unspecified atom stereocenters. The third kappa shape index (κ3) is 5.85. The van der Waals surface area contributed by atoms with Crippen molar-refractivity contribution in [2.75, 3.05) is 49.2 Å². The number of nitrogens with zero attached hydrogens (tertiary/aromatic N) is 2. The first-order chi connectivity index (χ1) is 15.0. The Balaban J connectivity index is 1.73. The number of fused-ring (bicyclic) bond motifs is 4. The molecule has 0 saturated carbocycles. The fourth-order valence-corrected chi connectivity index (χ4v) is 6.01. The summed E-state index contributed by atoms with van der Waals surface area (Å²) in [5, 5.41) is 10.6. The van der Waals surface area contributed by atoms with Crippen LogP contribution in [0.2, 0.25) is 0 Å². The minimum atomic E-state index is -3.70. The second kappa shape index (κ2) is 9.56. The van der Waals surface area contributed by atoms with Gasteiger partial charge in [0, 0.05) is 31.9 Å². The molecule has 3 fully saturated rings. The van der Waals surface area contributed by atoms with Gasteiger partial charge in [0.1, 0.15) is 11.5 Å². The summed E-state index contributed by atoms with van der Waals surface area (Å²) in [5.74, 6) is -0.362. The summed E-state index contributed by atoms with van der Waals surface area (Å²) in [5.41, 5.74) is 1.03. The van der Waals surface area contributed by atoms with E-state index in [4.69, 9.17) is 9.84 Å². The number of carboxylic acid groups (broad SMARTS) is 1. The lowest BCUT2D eigenvalue weighted by Gasteiger charge is -2.48. The lowest BCUT2D eigenvalue weighted by molar-refractivity contribution is -0.128. The largest absolute Gasteiger partial charge is 0.494 e. The normalized spacial score (nSPS) is 22.3. The molecule has 2 atom stereocenters. The Morgan fingerprint density at radius 3 is 2.50 bits per heavy atom. The van der Waals surface area contributed by atoms with Crippen LogP contribution in [-0.4, -0.2) is 80.8 Å². The van der Waals surface area contributed by atoms with Crippen LogP contribution in [0.4, 0.5) is 10.5 Å². The molecule has 0 aromatic heterocycles. The highest BCUT2D eigenvalue weighted by Crippen LogP contribution is 2.43. The number of piperidine rings is 1. The summed E-state index contributed by atoms with van der Waals surface area (Å²) in [6.45, 7) is 8.51. The van der Waals surface area contributed by atoms with Crippen LogP contribution in [-0.2, 0) is 14.6 Å². The number of anilines is 1. The average Bonchev–Trinajstić information content (AvgIpc) is 2.95. The number of rotatable bonds is 8. The fourth-order valence-electron chi connectivity index (χ4n) is 4.89. The van der Waals surface area contributed by atoms with Gasteiger partial charge in [-0.25, -0.2) is 13.2 Å². The van der Waals surface area contributed by atoms with Crippen LogP contribution < -0.4 is 15.0 Å². The van der Waals surface area contributed by atoms with Crippen molar-refractivity contribution in [3.63, 3.8) is 0 Å². The average molecular weight is 468 g/mol. The minimum absolute atomic E-state index is 0.0409. The molecule has 9 nitrogen and oxygen atoms in total. The number of sulfone groups is 1. The first kappa shape index (κ1) is 24.2. The van der Waals surface area contributed by atoms with Crippen molar-refractivity contribution in [2.45, 2.75) is 33.2 Å². The van der Waals surface area contributed by atoms with Gasteiger partial charge in [-0.15, -0.1) is 0 Å². The van der Waals surface area contributed by atoms with Crippen LogP contribution in [0.15, 0.2) is 24.3 Å². The molecule has 178 valence electrons. The molecule has 3 aliphatic rings. The first-order valence-corrected chi connectivity index (χ1v) is 12.8. The van der Waals surface area contributed by atoms with Gasteiger partial charge in [-0.2, -0.15) is 0 Å². The highest BCUT2D eigenvalue weighted by molar-refractivity contribution is 7.92. The molecule has 3 saturated heterocycles. The molecule has 4 rings (SSSR count). The van der Waals surface area contributed by atoms with Gasteiger partial charge < -0.3 is 25.0 Å². The molecule has 2 amide bonds. The van der Waals surface area contributed by atoms with E-state index in [1.807, 2.05) is 36.5 Å². The summed E-state index contributed by atoms with van der Waals surface area (Å²) in [6, 6.07) is 8.03. The predicted octanol–water partition coefficient (Wildman–Crippen LogP) is 1.83. The van der Waals surface area contributed by atoms with E-state index in [0.29, 0.717) is 19.7 Å². The van der Waals surface area contributed by atoms with Gasteiger partial charge in [0.25, 0.3) is 0 Å². The zero-order valence-corrected chi connectivity index (χ0v) is 19.7. The third-order valence-corrected chi connectivity index (χ3v) is 7.80. The summed E-state index contributed by atoms with van der Waals surface area (Å²) < 4.78 is 30.2. The van der Waals surface area contributed by atoms with Gasteiger partial charge in [-0.05, 0) is 48.9 Å². The Bertz CT molecular complexity index is 931. The van der Waals surface area contributed by atoms with Crippen LogP contribution in [0.25, 0.3) is 0 Å². The number of carbonyl (C=O) groups excluding carboxylic acids is 1. The maximum Gasteiger partial charge on any atom is 0.404 e. The van der Waals surface area contributed by atoms with Crippen molar-refractivity contribution in [1.29, 1.82) is 0 Å². The molecule has 1 aromatic rings. The van der Waals surface area contributed by atoms with Crippen molar-refractivity contribution < 1.29 is 27.9 Å². The SMILES string of the molecule is CCOc1ccc(N2C[C@H]3CN(C(=O)CS(=O)(=O)CCNC(=O)O)C[C@@H]2C(C)(C)C3)cc1. The summed E-state index contributed by atoms with van der Waals surface area (Å²) in [6.07, 6.45) is -0.322. The predicted molar refractivity (Wildman–Crippen MR) is 122 cm³/mol. The molecule has 3 aliphatic heterocycles. The van der Waals surface area contributed by atoms with Crippen LogP contribution in [0.1, 0.15) is 27.2 Å². The Labute approximate surface area is 189 Å². The molecule has 2 bridgehead atoms. The van der Waals surface area contributed by atoms with Crippen LogP contribution in [0, 0.1) is 11.3 Å². The molecule has 32 heavy (non-hydrogen) atoms. The Morgan fingerprint density at radius 2 is 1.88 bits per heavy atom. The number of nitrogens with one attached hydrogen (secondary N) is 1. The Morgan fingerprint density at radius 1 is 1.19 bits per heavy atom. The lowest BCUT2D eigenvalue weighted by atomic mass is 9.73. The monoisotopic (exact) mass is 467 g/mol. The number of hydrogen-bond donors (Lipinski definition) is 2. The molecule has 3 heterocycles. The van der Waals surface area contributed by atoms with Crippen molar-refractivity contribution in [3.8, 4) is 5.75 Å². The summed E-state index contributed by atoms with van der Waals surface area (Å²) in [7, 11) is -3.70. The molecular formula is C22H33N3O6S. The van der Waals surface area contributed by atoms with E-state index < -0.39 is 33.3 Å². The van der Waals surface area contributed by atoms with Gasteiger partial charge in [-0.3, -0.25) is 4.79 Å². The quantitative estimate of drug-likeness (QED) is 0.599. The van der Waals surface area contributed by atoms with Crippen LogP contribution in [0.3, 0.4) is 0 Å². The van der Waals surface area contributed by atoms with E-state index >= 15 is 0 Å². The maximum atomic E-state index is 12.9. The number of amides is 2. The van der Waals surface area contributed by atoms with E-state index in [2.05, 4.69) is 18.7 Å². The highest BCUT2D eigenvalue weighted by atomic mass is 32.2. The van der Waals surface area contributed by atoms with E-state index in [0.717, 1.165) is 24.4 Å². The van der Waals surface area contributed by atoms with Crippen molar-refractivity contribution in [2.24, 2.45) is 11.3 Å². The molecule has 2 N–H and O–H groups in total. The van der Waals surface area contributed by atoms with Crippen molar-refractivity contribution in [1.82, 2.24) is 10.2 Å². The zero-order chi connectivity index (χ0) is 23.5. The number of benzene rings is 1.